The van der Waals surface area contributed by atoms with Crippen LogP contribution in [0.5, 0.6) is 0 Å². The Morgan fingerprint density at radius 3 is 2.64 bits per heavy atom. The van der Waals surface area contributed by atoms with Gasteiger partial charge in [0.25, 0.3) is 0 Å². The molecule has 0 radical (unpaired) electrons. The smallest absolute Gasteiger partial charge is 0.318 e. The van der Waals surface area contributed by atoms with Gasteiger partial charge in [-0.25, -0.2) is 9.48 Å². The summed E-state index contributed by atoms with van der Waals surface area (Å²) in [6.45, 7) is 7.59. The molecule has 1 saturated heterocycles. The number of fused-ring (bicyclic) bond motifs is 1. The molecule has 1 atom stereocenters. The third-order valence-corrected chi connectivity index (χ3v) is 5.14. The summed E-state index contributed by atoms with van der Waals surface area (Å²) in [7, 11) is 0. The number of aromatic nitrogens is 3. The highest BCUT2D eigenvalue weighted by molar-refractivity contribution is 5.76. The molecule has 3 rings (SSSR count). The molecule has 1 aromatic heterocycles. The number of nitrogens with one attached hydrogen (secondary N) is 1. The van der Waals surface area contributed by atoms with Crippen molar-refractivity contribution in [3.8, 4) is 0 Å². The van der Waals surface area contributed by atoms with Crippen molar-refractivity contribution < 1.29 is 9.59 Å². The summed E-state index contributed by atoms with van der Waals surface area (Å²) in [5.74, 6) is 0.196. The number of hydrogen-bond acceptors (Lipinski definition) is 4. The van der Waals surface area contributed by atoms with E-state index >= 15 is 0 Å². The van der Waals surface area contributed by atoms with Crippen LogP contribution in [0.15, 0.2) is 0 Å². The summed E-state index contributed by atoms with van der Waals surface area (Å²) >= 11 is 0. The zero-order chi connectivity index (χ0) is 17.8. The quantitative estimate of drug-likeness (QED) is 0.865. The van der Waals surface area contributed by atoms with E-state index in [1.165, 1.54) is 0 Å². The first-order chi connectivity index (χ1) is 12.1. The van der Waals surface area contributed by atoms with Gasteiger partial charge in [0, 0.05) is 38.5 Å². The lowest BCUT2D eigenvalue weighted by Crippen LogP contribution is -2.47. The number of urea groups is 1. The van der Waals surface area contributed by atoms with Crippen molar-refractivity contribution in [2.75, 3.05) is 19.6 Å². The van der Waals surface area contributed by atoms with Crippen LogP contribution in [0.25, 0.3) is 0 Å². The van der Waals surface area contributed by atoms with E-state index in [1.807, 2.05) is 16.5 Å². The summed E-state index contributed by atoms with van der Waals surface area (Å²) in [4.78, 5) is 28.3. The molecule has 3 heterocycles. The van der Waals surface area contributed by atoms with Crippen LogP contribution in [0.4, 0.5) is 4.79 Å². The van der Waals surface area contributed by atoms with Gasteiger partial charge < -0.3 is 15.1 Å². The molecule has 1 fully saturated rings. The molecule has 3 amide bonds. The summed E-state index contributed by atoms with van der Waals surface area (Å²) in [6, 6.07) is 0.121. The Hall–Kier alpha value is -2.12. The number of carbonyl (C=O) groups excluding carboxylic acids is 2. The Balaban J connectivity index is 1.59. The summed E-state index contributed by atoms with van der Waals surface area (Å²) < 4.78 is 1.86. The van der Waals surface area contributed by atoms with Crippen molar-refractivity contribution in [1.82, 2.24) is 30.1 Å². The minimum Gasteiger partial charge on any atom is -0.343 e. The molecule has 138 valence electrons. The zero-order valence-corrected chi connectivity index (χ0v) is 15.2. The van der Waals surface area contributed by atoms with E-state index in [4.69, 9.17) is 0 Å². The molecule has 25 heavy (non-hydrogen) atoms. The highest BCUT2D eigenvalue weighted by Gasteiger charge is 2.26. The van der Waals surface area contributed by atoms with Crippen LogP contribution < -0.4 is 5.32 Å². The van der Waals surface area contributed by atoms with Gasteiger partial charge in [0.1, 0.15) is 0 Å². The molecule has 1 N–H and O–H groups in total. The predicted molar refractivity (Wildman–Crippen MR) is 92.9 cm³/mol. The monoisotopic (exact) mass is 348 g/mol. The molecule has 1 unspecified atom stereocenters. The van der Waals surface area contributed by atoms with Gasteiger partial charge in [-0.3, -0.25) is 4.79 Å². The topological polar surface area (TPSA) is 83.4 Å². The van der Waals surface area contributed by atoms with Gasteiger partial charge in [0.05, 0.1) is 24.5 Å². The standard InChI is InChI=1S/C17H28N6O2/c1-3-13(2)18-17(25)22-10-11-23-15(12-22)14(19-20-23)6-7-16(24)21-8-4-5-9-21/h13H,3-12H2,1-2H3,(H,18,25). The van der Waals surface area contributed by atoms with Crippen LogP contribution in [0.1, 0.15) is 50.9 Å². The maximum atomic E-state index is 12.4. The van der Waals surface area contributed by atoms with Crippen LogP contribution in [0, 0.1) is 0 Å². The fraction of sp³-hybridized carbons (Fsp3) is 0.765. The molecule has 8 heteroatoms. The summed E-state index contributed by atoms with van der Waals surface area (Å²) in [5, 5.41) is 11.4. The average molecular weight is 348 g/mol. The lowest BCUT2D eigenvalue weighted by Gasteiger charge is -2.29. The fourth-order valence-corrected chi connectivity index (χ4v) is 3.32. The largest absolute Gasteiger partial charge is 0.343 e. The summed E-state index contributed by atoms with van der Waals surface area (Å²) in [6.07, 6.45) is 4.17. The minimum absolute atomic E-state index is 0.0408. The Morgan fingerprint density at radius 1 is 1.16 bits per heavy atom. The second-order valence-corrected chi connectivity index (χ2v) is 6.97. The normalized spacial score (nSPS) is 18.2. The Bertz CT molecular complexity index is 623. The van der Waals surface area contributed by atoms with E-state index in [0.29, 0.717) is 32.5 Å². The minimum atomic E-state index is -0.0408. The predicted octanol–water partition coefficient (Wildman–Crippen LogP) is 1.16. The van der Waals surface area contributed by atoms with E-state index < -0.39 is 0 Å². The van der Waals surface area contributed by atoms with Crippen molar-refractivity contribution in [3.05, 3.63) is 11.4 Å². The molecule has 1 aromatic rings. The highest BCUT2D eigenvalue weighted by Crippen LogP contribution is 2.17. The number of aryl methyl sites for hydroxylation is 1. The average Bonchev–Trinajstić information content (AvgIpc) is 3.28. The molecular formula is C17H28N6O2. The Morgan fingerprint density at radius 2 is 1.92 bits per heavy atom. The Labute approximate surface area is 148 Å². The van der Waals surface area contributed by atoms with E-state index in [2.05, 4.69) is 22.6 Å². The first-order valence-electron chi connectivity index (χ1n) is 9.33. The second kappa shape index (κ2) is 7.84. The summed E-state index contributed by atoms with van der Waals surface area (Å²) in [5.41, 5.74) is 1.80. The van der Waals surface area contributed by atoms with E-state index in [9.17, 15) is 9.59 Å². The first kappa shape index (κ1) is 17.7. The maximum Gasteiger partial charge on any atom is 0.318 e. The molecule has 2 aliphatic rings. The highest BCUT2D eigenvalue weighted by atomic mass is 16.2. The molecule has 0 bridgehead atoms. The number of amides is 3. The second-order valence-electron chi connectivity index (χ2n) is 6.97. The number of hydrogen-bond donors (Lipinski definition) is 1. The van der Waals surface area contributed by atoms with Crippen molar-refractivity contribution in [3.63, 3.8) is 0 Å². The van der Waals surface area contributed by atoms with Crippen molar-refractivity contribution in [2.24, 2.45) is 0 Å². The lowest BCUT2D eigenvalue weighted by molar-refractivity contribution is -0.130. The van der Waals surface area contributed by atoms with Crippen molar-refractivity contribution in [1.29, 1.82) is 0 Å². The van der Waals surface area contributed by atoms with Crippen molar-refractivity contribution in [2.45, 2.75) is 65.1 Å². The van der Waals surface area contributed by atoms with Gasteiger partial charge in [0.15, 0.2) is 0 Å². The molecule has 0 aliphatic carbocycles. The molecular weight excluding hydrogens is 320 g/mol. The van der Waals surface area contributed by atoms with Crippen LogP contribution >= 0.6 is 0 Å². The third-order valence-electron chi connectivity index (χ3n) is 5.14. The Kier molecular flexibility index (Phi) is 5.55. The van der Waals surface area contributed by atoms with Gasteiger partial charge >= 0.3 is 6.03 Å². The first-order valence-corrected chi connectivity index (χ1v) is 9.33. The molecule has 0 spiro atoms. The number of nitrogens with zero attached hydrogens (tertiary/aromatic N) is 5. The van der Waals surface area contributed by atoms with Gasteiger partial charge in [-0.2, -0.15) is 0 Å². The van der Waals surface area contributed by atoms with Gasteiger partial charge in [-0.1, -0.05) is 12.1 Å². The van der Waals surface area contributed by atoms with Crippen LogP contribution in [0.2, 0.25) is 0 Å². The molecule has 8 nitrogen and oxygen atoms in total. The SMILES string of the molecule is CCC(C)NC(=O)N1CCn2nnc(CCC(=O)N3CCCC3)c2C1. The molecule has 0 saturated carbocycles. The fourth-order valence-electron chi connectivity index (χ4n) is 3.32. The number of rotatable bonds is 5. The van der Waals surface area contributed by atoms with Gasteiger partial charge in [-0.15, -0.1) is 5.10 Å². The van der Waals surface area contributed by atoms with Crippen LogP contribution in [0.3, 0.4) is 0 Å². The molecule has 2 aliphatic heterocycles. The molecule has 0 aromatic carbocycles. The van der Waals surface area contributed by atoms with E-state index in [0.717, 1.165) is 43.7 Å². The zero-order valence-electron chi connectivity index (χ0n) is 15.2. The van der Waals surface area contributed by atoms with Crippen LogP contribution in [-0.2, 0) is 24.3 Å². The van der Waals surface area contributed by atoms with Gasteiger partial charge in [-0.05, 0) is 26.2 Å². The van der Waals surface area contributed by atoms with Crippen LogP contribution in [-0.4, -0.2) is 62.4 Å². The van der Waals surface area contributed by atoms with E-state index in [-0.39, 0.29) is 18.0 Å². The van der Waals surface area contributed by atoms with Crippen molar-refractivity contribution >= 4 is 11.9 Å². The lowest BCUT2D eigenvalue weighted by atomic mass is 10.1. The van der Waals surface area contributed by atoms with Gasteiger partial charge in [0.2, 0.25) is 5.91 Å². The third kappa shape index (κ3) is 4.11. The van der Waals surface area contributed by atoms with E-state index in [1.54, 1.807) is 4.90 Å². The number of likely N-dealkylation sites (tertiary alicyclic amines) is 1. The maximum absolute atomic E-state index is 12.4. The number of carbonyl (C=O) groups is 2.